The van der Waals surface area contributed by atoms with E-state index in [9.17, 15) is 0 Å². The van der Waals surface area contributed by atoms with E-state index in [1.165, 1.54) is 39.8 Å². The van der Waals surface area contributed by atoms with E-state index in [1.807, 2.05) is 0 Å². The highest BCUT2D eigenvalue weighted by Gasteiger charge is 2.27. The second kappa shape index (κ2) is 11.3. The van der Waals surface area contributed by atoms with Crippen molar-refractivity contribution in [2.75, 3.05) is 0 Å². The number of rotatable bonds is 1. The van der Waals surface area contributed by atoms with Gasteiger partial charge in [0.25, 0.3) is 0 Å². The summed E-state index contributed by atoms with van der Waals surface area (Å²) >= 11 is 24.1. The van der Waals surface area contributed by atoms with Crippen LogP contribution in [0.5, 0.6) is 0 Å². The average Bonchev–Trinajstić information content (AvgIpc) is 2.72. The molecule has 0 atom stereocenters. The van der Waals surface area contributed by atoms with Crippen LogP contribution in [0.3, 0.4) is 0 Å². The van der Waals surface area contributed by atoms with E-state index >= 15 is 0 Å². The van der Waals surface area contributed by atoms with Gasteiger partial charge in [-0.15, -0.1) is 0 Å². The molecule has 160 valence electrons. The molecule has 0 unspecified atom stereocenters. The molecule has 0 saturated heterocycles. The summed E-state index contributed by atoms with van der Waals surface area (Å²) in [6.07, 6.45) is 0. The number of nitrogens with zero attached hydrogens (tertiary/aromatic N) is 3. The van der Waals surface area contributed by atoms with E-state index in [0.29, 0.717) is 0 Å². The van der Waals surface area contributed by atoms with Crippen molar-refractivity contribution in [1.82, 2.24) is 15.0 Å². The minimum Gasteiger partial charge on any atom is -0.237 e. The Labute approximate surface area is 314 Å². The Balaban J connectivity index is 2.38. The molecule has 0 bridgehead atoms. The van der Waals surface area contributed by atoms with E-state index < -0.39 is 0 Å². The number of aryl methyl sites for hydroxylation is 1. The second-order valence-electron chi connectivity index (χ2n) is 6.20. The molecule has 0 aliphatic heterocycles. The van der Waals surface area contributed by atoms with Crippen LogP contribution in [-0.2, 0) is 0 Å². The Kier molecular flexibility index (Phi) is 10.4. The predicted octanol–water partition coefficient (Wildman–Crippen LogP) is 10.2. The largest absolute Gasteiger partial charge is 0.237 e. The lowest BCUT2D eigenvalue weighted by molar-refractivity contribution is 1.19. The van der Waals surface area contributed by atoms with Gasteiger partial charge < -0.3 is 0 Å². The topological polar surface area (TPSA) is 38.7 Å². The van der Waals surface area contributed by atoms with Crippen molar-refractivity contribution >= 4 is 248 Å². The standard InChI is InChI=1S/C18H3I10N3/c1-2-3-5(16(26)31-15(2)25)4(8(20)10(22)7(3)19)6-9(21)11(23)12(24)14-13(6)29-17(27)18(28)30-14/h1H3. The SMILES string of the molecule is Cc1c(I)nc(I)c2c(-c3c(I)c(I)c(I)c4nc(I)c(I)nc34)c(I)c(I)c(I)c12. The van der Waals surface area contributed by atoms with Gasteiger partial charge in [-0.1, -0.05) is 0 Å². The van der Waals surface area contributed by atoms with Gasteiger partial charge in [-0.05, 0) is 238 Å². The van der Waals surface area contributed by atoms with Crippen molar-refractivity contribution < 1.29 is 0 Å². The van der Waals surface area contributed by atoms with E-state index in [0.717, 1.165) is 35.0 Å². The van der Waals surface area contributed by atoms with Crippen LogP contribution in [0.1, 0.15) is 5.56 Å². The van der Waals surface area contributed by atoms with Crippen molar-refractivity contribution in [3.05, 3.63) is 41.8 Å². The first-order valence-corrected chi connectivity index (χ1v) is 18.8. The highest BCUT2D eigenvalue weighted by molar-refractivity contribution is 14.1. The minimum absolute atomic E-state index is 0.929. The molecule has 13 heteroatoms. The molecular formula is C18H3I10N3. The molecule has 0 N–H and O–H groups in total. The van der Waals surface area contributed by atoms with Gasteiger partial charge in [0.2, 0.25) is 0 Å². The molecule has 0 spiro atoms. The highest BCUT2D eigenvalue weighted by Crippen LogP contribution is 2.47. The number of hydrogen-bond acceptors (Lipinski definition) is 3. The average molecular weight is 1530 g/mol. The number of pyridine rings is 1. The second-order valence-corrected chi connectivity index (χ2v) is 16.8. The predicted molar refractivity (Wildman–Crippen MR) is 212 cm³/mol. The van der Waals surface area contributed by atoms with Crippen molar-refractivity contribution in [3.63, 3.8) is 0 Å². The summed E-state index contributed by atoms with van der Waals surface area (Å²) in [5.74, 6) is 0. The maximum Gasteiger partial charge on any atom is 0.133 e. The van der Waals surface area contributed by atoms with Crippen LogP contribution in [-0.4, -0.2) is 15.0 Å². The van der Waals surface area contributed by atoms with Gasteiger partial charge in [0, 0.05) is 39.8 Å². The molecule has 0 fully saturated rings. The molecule has 4 aromatic rings. The summed E-state index contributed by atoms with van der Waals surface area (Å²) in [5, 5.41) is 2.49. The number of aromatic nitrogens is 3. The number of hydrogen-bond donors (Lipinski definition) is 0. The monoisotopic (exact) mass is 1530 g/mol. The van der Waals surface area contributed by atoms with Gasteiger partial charge in [0.15, 0.2) is 0 Å². The normalized spacial score (nSPS) is 11.7. The molecule has 3 nitrogen and oxygen atoms in total. The van der Waals surface area contributed by atoms with E-state index in [4.69, 9.17) is 15.0 Å². The summed E-state index contributed by atoms with van der Waals surface area (Å²) < 4.78 is 11.3. The third kappa shape index (κ3) is 5.10. The fourth-order valence-electron chi connectivity index (χ4n) is 3.15. The molecule has 2 aromatic carbocycles. The van der Waals surface area contributed by atoms with Crippen molar-refractivity contribution in [2.45, 2.75) is 6.92 Å². The van der Waals surface area contributed by atoms with Crippen LogP contribution >= 0.6 is 226 Å². The lowest BCUT2D eigenvalue weighted by atomic mass is 9.97. The molecule has 0 saturated carbocycles. The zero-order chi connectivity index (χ0) is 22.9. The molecule has 0 aliphatic rings. The Bertz CT molecular complexity index is 1450. The lowest BCUT2D eigenvalue weighted by Crippen LogP contribution is -2.06. The van der Waals surface area contributed by atoms with Crippen LogP contribution in [0.25, 0.3) is 32.9 Å². The fourth-order valence-corrected chi connectivity index (χ4v) is 10.9. The third-order valence-electron chi connectivity index (χ3n) is 4.53. The summed E-state index contributed by atoms with van der Waals surface area (Å²) in [7, 11) is 0. The minimum atomic E-state index is 0.929. The summed E-state index contributed by atoms with van der Waals surface area (Å²) in [4.78, 5) is 14.9. The Morgan fingerprint density at radius 3 is 1.55 bits per heavy atom. The molecular weight excluding hydrogens is 1530 g/mol. The molecule has 4 rings (SSSR count). The van der Waals surface area contributed by atoms with Crippen molar-refractivity contribution in [3.8, 4) is 11.1 Å². The lowest BCUT2D eigenvalue weighted by Gasteiger charge is -2.20. The first-order valence-electron chi connectivity index (χ1n) is 7.98. The van der Waals surface area contributed by atoms with Gasteiger partial charge >= 0.3 is 0 Å². The summed E-state index contributed by atoms with van der Waals surface area (Å²) in [6.45, 7) is 2.17. The van der Waals surface area contributed by atoms with Gasteiger partial charge in [0.1, 0.15) is 25.8 Å². The van der Waals surface area contributed by atoms with E-state index in [2.05, 4.69) is 233 Å². The Morgan fingerprint density at radius 2 is 0.935 bits per heavy atom. The Hall–Kier alpha value is 4.49. The fraction of sp³-hybridized carbons (Fsp3) is 0.0556. The zero-order valence-electron chi connectivity index (χ0n) is 14.6. The first-order chi connectivity index (χ1) is 14.5. The van der Waals surface area contributed by atoms with Crippen LogP contribution in [0.15, 0.2) is 0 Å². The van der Waals surface area contributed by atoms with E-state index in [-0.39, 0.29) is 0 Å². The number of halogens is 10. The number of benzene rings is 2. The van der Waals surface area contributed by atoms with E-state index in [1.54, 1.807) is 0 Å². The molecule has 31 heavy (non-hydrogen) atoms. The molecule has 0 aliphatic carbocycles. The van der Waals surface area contributed by atoms with Gasteiger partial charge in [-0.3, -0.25) is 0 Å². The Morgan fingerprint density at radius 1 is 0.419 bits per heavy atom. The van der Waals surface area contributed by atoms with Crippen LogP contribution in [0.4, 0.5) is 0 Å². The molecule has 2 heterocycles. The quantitative estimate of drug-likeness (QED) is 0.108. The molecule has 0 amide bonds. The summed E-state index contributed by atoms with van der Waals surface area (Å²) in [5.41, 5.74) is 5.53. The van der Waals surface area contributed by atoms with Gasteiger partial charge in [-0.25, -0.2) is 15.0 Å². The zero-order valence-corrected chi connectivity index (χ0v) is 36.2. The number of fused-ring (bicyclic) bond motifs is 2. The maximum absolute atomic E-state index is 5.06. The van der Waals surface area contributed by atoms with Crippen molar-refractivity contribution in [1.29, 1.82) is 0 Å². The maximum atomic E-state index is 5.06. The molecule has 2 aromatic heterocycles. The summed E-state index contributed by atoms with van der Waals surface area (Å²) in [6, 6.07) is 0. The third-order valence-corrected chi connectivity index (χ3v) is 19.5. The van der Waals surface area contributed by atoms with Crippen LogP contribution in [0.2, 0.25) is 0 Å². The van der Waals surface area contributed by atoms with Crippen molar-refractivity contribution in [2.24, 2.45) is 0 Å². The van der Waals surface area contributed by atoms with Gasteiger partial charge in [-0.2, -0.15) is 0 Å². The van der Waals surface area contributed by atoms with Crippen LogP contribution in [0, 0.1) is 43.1 Å². The smallest absolute Gasteiger partial charge is 0.133 e. The highest BCUT2D eigenvalue weighted by atomic mass is 127. The molecule has 0 radical (unpaired) electrons. The van der Waals surface area contributed by atoms with Crippen LogP contribution < -0.4 is 0 Å². The van der Waals surface area contributed by atoms with Gasteiger partial charge in [0.05, 0.1) is 3.57 Å². The first kappa shape index (κ1) is 28.5.